The zero-order chi connectivity index (χ0) is 48.6. The van der Waals surface area contributed by atoms with E-state index in [0.29, 0.717) is 19.3 Å². The van der Waals surface area contributed by atoms with Crippen molar-refractivity contribution in [3.05, 3.63) is 109 Å². The molecule has 0 aromatic heterocycles. The normalized spacial score (nSPS) is 12.9. The molecule has 67 heavy (non-hydrogen) atoms. The number of hydrogen-bond donors (Lipinski definition) is 0. The maximum Gasteiger partial charge on any atom is 0.306 e. The Morgan fingerprint density at radius 3 is 1.01 bits per heavy atom. The number of rotatable bonds is 48. The van der Waals surface area contributed by atoms with Crippen LogP contribution in [0.1, 0.15) is 239 Å². The quantitative estimate of drug-likeness (QED) is 0.0262. The SMILES string of the molecule is CC/C=C\C/C=C\C/C=C\C/C=C\C/C=C\C/C=C\CCC(=O)O[C@H](COC(=O)CCCCCCC/C=C\C/C=C\CCCCC)COC(=O)CCCCCCC/C=C\CCCCCCCC. The van der Waals surface area contributed by atoms with E-state index in [1.54, 1.807) is 0 Å². The van der Waals surface area contributed by atoms with Crippen LogP contribution in [0.3, 0.4) is 0 Å². The van der Waals surface area contributed by atoms with Crippen molar-refractivity contribution in [3.63, 3.8) is 0 Å². The van der Waals surface area contributed by atoms with Gasteiger partial charge < -0.3 is 14.2 Å². The van der Waals surface area contributed by atoms with Gasteiger partial charge in [0.25, 0.3) is 0 Å². The van der Waals surface area contributed by atoms with E-state index in [2.05, 4.69) is 118 Å². The van der Waals surface area contributed by atoms with Crippen molar-refractivity contribution in [2.24, 2.45) is 0 Å². The second kappa shape index (κ2) is 54.7. The molecule has 380 valence electrons. The fourth-order valence-corrected chi connectivity index (χ4v) is 7.14. The first-order chi connectivity index (χ1) is 33.0. The molecule has 0 rings (SSSR count). The summed E-state index contributed by atoms with van der Waals surface area (Å²) < 4.78 is 16.7. The molecule has 0 aliphatic carbocycles. The van der Waals surface area contributed by atoms with Gasteiger partial charge in [-0.1, -0.05) is 214 Å². The van der Waals surface area contributed by atoms with E-state index in [1.165, 1.54) is 77.0 Å². The monoisotopic (exact) mass is 929 g/mol. The summed E-state index contributed by atoms with van der Waals surface area (Å²) in [4.78, 5) is 38.0. The first-order valence-corrected chi connectivity index (χ1v) is 27.4. The smallest absolute Gasteiger partial charge is 0.306 e. The molecular formula is C61H100O6. The highest BCUT2D eigenvalue weighted by atomic mass is 16.6. The molecule has 6 nitrogen and oxygen atoms in total. The summed E-state index contributed by atoms with van der Waals surface area (Å²) in [6.07, 6.45) is 73.7. The van der Waals surface area contributed by atoms with Crippen molar-refractivity contribution >= 4 is 17.9 Å². The number of carbonyl (C=O) groups excluding carboxylic acids is 3. The Hall–Kier alpha value is -3.93. The summed E-state index contributed by atoms with van der Waals surface area (Å²) in [5.74, 6) is -1.03. The number of carbonyl (C=O) groups is 3. The second-order valence-electron chi connectivity index (χ2n) is 17.7. The summed E-state index contributed by atoms with van der Waals surface area (Å²) >= 11 is 0. The highest BCUT2D eigenvalue weighted by Gasteiger charge is 2.19. The van der Waals surface area contributed by atoms with Gasteiger partial charge in [0.05, 0.1) is 0 Å². The van der Waals surface area contributed by atoms with Crippen LogP contribution >= 0.6 is 0 Å². The van der Waals surface area contributed by atoms with E-state index < -0.39 is 12.1 Å². The van der Waals surface area contributed by atoms with Gasteiger partial charge in [-0.05, 0) is 116 Å². The van der Waals surface area contributed by atoms with Gasteiger partial charge in [0.1, 0.15) is 13.2 Å². The van der Waals surface area contributed by atoms with Gasteiger partial charge in [-0.25, -0.2) is 0 Å². The molecular weight excluding hydrogens is 829 g/mol. The fourth-order valence-electron chi connectivity index (χ4n) is 7.14. The Morgan fingerprint density at radius 1 is 0.313 bits per heavy atom. The van der Waals surface area contributed by atoms with E-state index in [1.807, 2.05) is 12.2 Å². The van der Waals surface area contributed by atoms with Crippen molar-refractivity contribution < 1.29 is 28.6 Å². The Balaban J connectivity index is 4.56. The Bertz CT molecular complexity index is 1390. The van der Waals surface area contributed by atoms with E-state index in [9.17, 15) is 14.4 Å². The first kappa shape index (κ1) is 63.1. The van der Waals surface area contributed by atoms with Gasteiger partial charge in [0.15, 0.2) is 6.10 Å². The molecule has 0 saturated heterocycles. The van der Waals surface area contributed by atoms with Crippen molar-refractivity contribution in [2.75, 3.05) is 13.2 Å². The van der Waals surface area contributed by atoms with Crippen molar-refractivity contribution in [1.29, 1.82) is 0 Å². The van der Waals surface area contributed by atoms with Gasteiger partial charge in [0.2, 0.25) is 0 Å². The van der Waals surface area contributed by atoms with Gasteiger partial charge >= 0.3 is 17.9 Å². The van der Waals surface area contributed by atoms with E-state index in [0.717, 1.165) is 116 Å². The van der Waals surface area contributed by atoms with Crippen LogP contribution in [-0.2, 0) is 28.6 Å². The third-order valence-corrected chi connectivity index (χ3v) is 11.2. The molecule has 0 aliphatic heterocycles. The van der Waals surface area contributed by atoms with E-state index in [4.69, 9.17) is 14.2 Å². The van der Waals surface area contributed by atoms with E-state index >= 15 is 0 Å². The number of unbranched alkanes of at least 4 members (excludes halogenated alkanes) is 19. The minimum absolute atomic E-state index is 0.119. The molecule has 0 saturated carbocycles. The Morgan fingerprint density at radius 2 is 0.612 bits per heavy atom. The first-order valence-electron chi connectivity index (χ1n) is 27.4. The second-order valence-corrected chi connectivity index (χ2v) is 17.7. The molecule has 1 atom stereocenters. The topological polar surface area (TPSA) is 78.9 Å². The molecule has 0 unspecified atom stereocenters. The van der Waals surface area contributed by atoms with Crippen LogP contribution in [-0.4, -0.2) is 37.2 Å². The van der Waals surface area contributed by atoms with Crippen LogP contribution in [0, 0.1) is 0 Å². The molecule has 0 spiro atoms. The molecule has 0 fully saturated rings. The predicted octanol–water partition coefficient (Wildman–Crippen LogP) is 18.3. The zero-order valence-electron chi connectivity index (χ0n) is 43.4. The molecule has 0 aromatic carbocycles. The Labute approximate surface area is 412 Å². The van der Waals surface area contributed by atoms with Crippen LogP contribution < -0.4 is 0 Å². The van der Waals surface area contributed by atoms with Gasteiger partial charge in [-0.2, -0.15) is 0 Å². The van der Waals surface area contributed by atoms with Gasteiger partial charge in [-0.15, -0.1) is 0 Å². The van der Waals surface area contributed by atoms with Crippen molar-refractivity contribution in [1.82, 2.24) is 0 Å². The van der Waals surface area contributed by atoms with Crippen LogP contribution in [0.25, 0.3) is 0 Å². The number of allylic oxidation sites excluding steroid dienone is 18. The molecule has 0 N–H and O–H groups in total. The minimum Gasteiger partial charge on any atom is -0.462 e. The lowest BCUT2D eigenvalue weighted by Gasteiger charge is -2.18. The largest absolute Gasteiger partial charge is 0.462 e. The van der Waals surface area contributed by atoms with Crippen LogP contribution in [0.2, 0.25) is 0 Å². The molecule has 6 heteroatoms. The van der Waals surface area contributed by atoms with E-state index in [-0.39, 0.29) is 31.6 Å². The molecule has 0 bridgehead atoms. The molecule has 0 aromatic rings. The average molecular weight is 929 g/mol. The average Bonchev–Trinajstić information content (AvgIpc) is 3.33. The van der Waals surface area contributed by atoms with Crippen molar-refractivity contribution in [3.8, 4) is 0 Å². The third kappa shape index (κ3) is 52.9. The van der Waals surface area contributed by atoms with Crippen LogP contribution in [0.15, 0.2) is 109 Å². The van der Waals surface area contributed by atoms with Crippen molar-refractivity contribution in [2.45, 2.75) is 245 Å². The summed E-state index contributed by atoms with van der Waals surface area (Å²) in [6, 6.07) is 0. The standard InChI is InChI=1S/C61H100O6/c1-4-7-10-13-16-19-22-25-28-29-30-31-34-37-40-43-46-49-52-55-61(64)67-58(56-65-59(62)53-50-47-44-41-38-35-32-26-23-20-17-14-11-8-5-2)57-66-60(63)54-51-48-45-42-39-36-33-27-24-21-18-15-12-9-6-3/h7,10,16-17,19-20,25-28,30-33,37,40,46,49,58H,4-6,8-9,11-15,18,21-24,29,34-36,38-39,41-45,47-48,50-57H2,1-3H3/b10-7-,19-16-,20-17-,28-25-,31-30-,32-26-,33-27-,40-37-,49-46-/t58-/m1/s1. The summed E-state index contributed by atoms with van der Waals surface area (Å²) in [5, 5.41) is 0. The lowest BCUT2D eigenvalue weighted by molar-refractivity contribution is -0.166. The third-order valence-electron chi connectivity index (χ3n) is 11.2. The minimum atomic E-state index is -0.829. The zero-order valence-corrected chi connectivity index (χ0v) is 43.4. The maximum absolute atomic E-state index is 12.8. The van der Waals surface area contributed by atoms with Crippen LogP contribution in [0.4, 0.5) is 0 Å². The van der Waals surface area contributed by atoms with Crippen LogP contribution in [0.5, 0.6) is 0 Å². The maximum atomic E-state index is 12.8. The number of esters is 3. The fraction of sp³-hybridized carbons (Fsp3) is 0.656. The predicted molar refractivity (Wildman–Crippen MR) is 288 cm³/mol. The summed E-state index contributed by atoms with van der Waals surface area (Å²) in [6.45, 7) is 6.41. The highest BCUT2D eigenvalue weighted by molar-refractivity contribution is 5.71. The highest BCUT2D eigenvalue weighted by Crippen LogP contribution is 2.13. The summed E-state index contributed by atoms with van der Waals surface area (Å²) in [7, 11) is 0. The number of ether oxygens (including phenoxy) is 3. The van der Waals surface area contributed by atoms with Gasteiger partial charge in [-0.3, -0.25) is 14.4 Å². The molecule has 0 radical (unpaired) electrons. The summed E-state index contributed by atoms with van der Waals surface area (Å²) in [5.41, 5.74) is 0. The van der Waals surface area contributed by atoms with Gasteiger partial charge in [0, 0.05) is 19.3 Å². The molecule has 0 aliphatic rings. The Kier molecular flexibility index (Phi) is 51.5. The lowest BCUT2D eigenvalue weighted by Crippen LogP contribution is -2.30. The molecule has 0 amide bonds. The number of hydrogen-bond acceptors (Lipinski definition) is 6. The molecule has 0 heterocycles. The lowest BCUT2D eigenvalue weighted by atomic mass is 10.1.